The van der Waals surface area contributed by atoms with Crippen molar-refractivity contribution in [2.75, 3.05) is 0 Å². The fourth-order valence-corrected chi connectivity index (χ4v) is 2.31. The van der Waals surface area contributed by atoms with Gasteiger partial charge in [0.1, 0.15) is 0 Å². The van der Waals surface area contributed by atoms with Crippen molar-refractivity contribution in [3.63, 3.8) is 0 Å². The molecule has 0 aliphatic carbocycles. The Hall–Kier alpha value is -3.38. The highest BCUT2D eigenvalue weighted by Crippen LogP contribution is 2.17. The molecule has 0 radical (unpaired) electrons. The van der Waals surface area contributed by atoms with Crippen LogP contribution < -0.4 is 5.46 Å². The number of aromatic nitrogens is 2. The first kappa shape index (κ1) is 21.9. The first-order chi connectivity index (χ1) is 13.5. The number of carboxylic acids is 2. The highest BCUT2D eigenvalue weighted by atomic mass is 19.4. The summed E-state index contributed by atoms with van der Waals surface area (Å²) in [5, 5.41) is 34.4. The second-order valence-electron chi connectivity index (χ2n) is 5.80. The Bertz CT molecular complexity index is 1020. The Kier molecular flexibility index (Phi) is 6.62. The van der Waals surface area contributed by atoms with Crippen molar-refractivity contribution < 1.29 is 43.0 Å². The second-order valence-corrected chi connectivity index (χ2v) is 5.80. The molecule has 152 valence electrons. The number of aromatic carboxylic acids is 1. The van der Waals surface area contributed by atoms with Crippen LogP contribution >= 0.6 is 0 Å². The average Bonchev–Trinajstić information content (AvgIpc) is 3.04. The van der Waals surface area contributed by atoms with Gasteiger partial charge in [-0.15, -0.1) is 0 Å². The summed E-state index contributed by atoms with van der Waals surface area (Å²) in [6.45, 7) is 0.515. The summed E-state index contributed by atoms with van der Waals surface area (Å²) >= 11 is 0. The van der Waals surface area contributed by atoms with Crippen LogP contribution in [0.1, 0.15) is 15.9 Å². The molecule has 3 aromatic rings. The Labute approximate surface area is 161 Å². The number of nitrogens with zero attached hydrogens (tertiary/aromatic N) is 2. The molecule has 0 saturated heterocycles. The largest absolute Gasteiger partial charge is 0.490 e. The maximum absolute atomic E-state index is 11.1. The minimum Gasteiger partial charge on any atom is -0.478 e. The molecule has 0 atom stereocenters. The number of imidazole rings is 1. The number of rotatable bonds is 4. The van der Waals surface area contributed by atoms with E-state index in [0.717, 1.165) is 16.6 Å². The number of alkyl halides is 3. The van der Waals surface area contributed by atoms with Crippen LogP contribution in [-0.2, 0) is 11.3 Å². The third kappa shape index (κ3) is 5.80. The van der Waals surface area contributed by atoms with Crippen LogP contribution in [-0.4, -0.2) is 55.0 Å². The topological polar surface area (TPSA) is 133 Å². The second kappa shape index (κ2) is 8.75. The minimum absolute atomic E-state index is 0.216. The Morgan fingerprint density at radius 3 is 2.10 bits per heavy atom. The number of fused-ring (bicyclic) bond motifs is 1. The SMILES string of the molecule is O=C(O)C(F)(F)F.O=C(O)c1ccc2ncn(Cc3ccc(B(O)O)cc3)c2c1. The Morgan fingerprint density at radius 1 is 1.03 bits per heavy atom. The molecule has 12 heteroatoms. The molecule has 0 fully saturated rings. The molecule has 29 heavy (non-hydrogen) atoms. The molecule has 0 spiro atoms. The van der Waals surface area contributed by atoms with Gasteiger partial charge in [0.15, 0.2) is 0 Å². The lowest BCUT2D eigenvalue weighted by Gasteiger charge is -2.06. The van der Waals surface area contributed by atoms with Crippen LogP contribution in [0.4, 0.5) is 13.2 Å². The van der Waals surface area contributed by atoms with E-state index in [9.17, 15) is 18.0 Å². The highest BCUT2D eigenvalue weighted by molar-refractivity contribution is 6.58. The summed E-state index contributed by atoms with van der Waals surface area (Å²) < 4.78 is 33.6. The van der Waals surface area contributed by atoms with E-state index in [2.05, 4.69) is 4.98 Å². The summed E-state index contributed by atoms with van der Waals surface area (Å²) in [4.78, 5) is 24.2. The van der Waals surface area contributed by atoms with Gasteiger partial charge >= 0.3 is 25.2 Å². The first-order valence-electron chi connectivity index (χ1n) is 7.92. The third-order valence-corrected chi connectivity index (χ3v) is 3.74. The zero-order chi connectivity index (χ0) is 21.8. The summed E-state index contributed by atoms with van der Waals surface area (Å²) in [6, 6.07) is 11.7. The van der Waals surface area contributed by atoms with Gasteiger partial charge < -0.3 is 24.8 Å². The zero-order valence-electron chi connectivity index (χ0n) is 14.5. The highest BCUT2D eigenvalue weighted by Gasteiger charge is 2.38. The third-order valence-electron chi connectivity index (χ3n) is 3.74. The van der Waals surface area contributed by atoms with E-state index in [1.807, 2.05) is 4.57 Å². The molecule has 0 amide bonds. The Balaban J connectivity index is 0.000000370. The standard InChI is InChI=1S/C15H13BN2O4.C2HF3O2/c19-15(20)11-3-6-13-14(7-11)18(9-17-13)8-10-1-4-12(5-2-10)16(21)22;3-2(4,5)1(6)7/h1-7,9,21-22H,8H2,(H,19,20);(H,6,7). The van der Waals surface area contributed by atoms with Gasteiger partial charge in [-0.1, -0.05) is 24.3 Å². The maximum atomic E-state index is 11.1. The molecule has 1 aromatic heterocycles. The predicted molar refractivity (Wildman–Crippen MR) is 95.8 cm³/mol. The van der Waals surface area contributed by atoms with E-state index in [-0.39, 0.29) is 5.56 Å². The van der Waals surface area contributed by atoms with Gasteiger partial charge in [0.2, 0.25) is 0 Å². The molecule has 0 bridgehead atoms. The van der Waals surface area contributed by atoms with Crippen molar-refractivity contribution in [2.45, 2.75) is 12.7 Å². The van der Waals surface area contributed by atoms with E-state index in [1.54, 1.807) is 42.7 Å². The number of hydrogen-bond acceptors (Lipinski definition) is 5. The fraction of sp³-hybridized carbons (Fsp3) is 0.118. The number of carbonyl (C=O) groups is 2. The normalized spacial score (nSPS) is 10.9. The molecule has 1 heterocycles. The number of hydrogen-bond donors (Lipinski definition) is 4. The zero-order valence-corrected chi connectivity index (χ0v) is 14.5. The van der Waals surface area contributed by atoms with Crippen LogP contribution in [0.3, 0.4) is 0 Å². The van der Waals surface area contributed by atoms with Crippen molar-refractivity contribution in [3.8, 4) is 0 Å². The van der Waals surface area contributed by atoms with E-state index >= 15 is 0 Å². The summed E-state index contributed by atoms with van der Waals surface area (Å²) in [7, 11) is -1.48. The Morgan fingerprint density at radius 2 is 1.62 bits per heavy atom. The molecule has 2 aromatic carbocycles. The van der Waals surface area contributed by atoms with Crippen LogP contribution in [0.2, 0.25) is 0 Å². The van der Waals surface area contributed by atoms with Gasteiger partial charge in [0, 0.05) is 6.54 Å². The lowest BCUT2D eigenvalue weighted by atomic mass is 9.80. The summed E-state index contributed by atoms with van der Waals surface area (Å²) in [5.74, 6) is -3.73. The molecule has 4 N–H and O–H groups in total. The van der Waals surface area contributed by atoms with Gasteiger partial charge in [-0.25, -0.2) is 14.6 Å². The van der Waals surface area contributed by atoms with Gasteiger partial charge in [-0.2, -0.15) is 13.2 Å². The van der Waals surface area contributed by atoms with Crippen LogP contribution in [0, 0.1) is 0 Å². The van der Waals surface area contributed by atoms with E-state index in [0.29, 0.717) is 12.0 Å². The van der Waals surface area contributed by atoms with E-state index < -0.39 is 25.2 Å². The van der Waals surface area contributed by atoms with Crippen molar-refractivity contribution in [1.82, 2.24) is 9.55 Å². The van der Waals surface area contributed by atoms with Gasteiger partial charge in [-0.3, -0.25) is 0 Å². The molecule has 0 aliphatic heterocycles. The lowest BCUT2D eigenvalue weighted by Crippen LogP contribution is -2.29. The summed E-state index contributed by atoms with van der Waals surface area (Å²) in [5.41, 5.74) is 3.06. The van der Waals surface area contributed by atoms with Crippen LogP contribution in [0.25, 0.3) is 11.0 Å². The van der Waals surface area contributed by atoms with Crippen molar-refractivity contribution in [2.24, 2.45) is 0 Å². The quantitative estimate of drug-likeness (QED) is 0.474. The van der Waals surface area contributed by atoms with Crippen LogP contribution in [0.5, 0.6) is 0 Å². The van der Waals surface area contributed by atoms with Crippen molar-refractivity contribution in [1.29, 1.82) is 0 Å². The minimum atomic E-state index is -5.08. The lowest BCUT2D eigenvalue weighted by molar-refractivity contribution is -0.192. The van der Waals surface area contributed by atoms with Crippen LogP contribution in [0.15, 0.2) is 48.8 Å². The smallest absolute Gasteiger partial charge is 0.478 e. The maximum Gasteiger partial charge on any atom is 0.490 e. The molecule has 8 nitrogen and oxygen atoms in total. The van der Waals surface area contributed by atoms with E-state index in [1.165, 1.54) is 6.07 Å². The molecular formula is C17H14BF3N2O6. The summed E-state index contributed by atoms with van der Waals surface area (Å²) in [6.07, 6.45) is -3.43. The number of aliphatic carboxylic acids is 1. The van der Waals surface area contributed by atoms with Crippen molar-refractivity contribution in [3.05, 3.63) is 59.9 Å². The van der Waals surface area contributed by atoms with Crippen molar-refractivity contribution >= 4 is 35.6 Å². The molecule has 0 aliphatic rings. The number of carboxylic acid groups (broad SMARTS) is 2. The molecule has 0 unspecified atom stereocenters. The molecule has 3 rings (SSSR count). The molecule has 0 saturated carbocycles. The first-order valence-corrected chi connectivity index (χ1v) is 7.92. The number of halogens is 3. The number of benzene rings is 2. The monoisotopic (exact) mass is 410 g/mol. The average molecular weight is 410 g/mol. The molecular weight excluding hydrogens is 396 g/mol. The fourth-order valence-electron chi connectivity index (χ4n) is 2.31. The van der Waals surface area contributed by atoms with E-state index in [4.69, 9.17) is 25.1 Å². The predicted octanol–water partition coefficient (Wildman–Crippen LogP) is 1.10. The van der Waals surface area contributed by atoms with Gasteiger partial charge in [0.05, 0.1) is 22.9 Å². The van der Waals surface area contributed by atoms with Gasteiger partial charge in [-0.05, 0) is 29.2 Å². The van der Waals surface area contributed by atoms with Gasteiger partial charge in [0.25, 0.3) is 0 Å².